The van der Waals surface area contributed by atoms with E-state index < -0.39 is 10.0 Å². The summed E-state index contributed by atoms with van der Waals surface area (Å²) < 4.78 is 39.0. The lowest BCUT2D eigenvalue weighted by Crippen LogP contribution is -2.43. The Labute approximate surface area is 146 Å². The maximum absolute atomic E-state index is 13.0. The number of likely N-dealkylation sites (N-methyl/N-ethyl adjacent to an activating group) is 1. The summed E-state index contributed by atoms with van der Waals surface area (Å²) in [5.74, 6) is 1.36. The summed E-state index contributed by atoms with van der Waals surface area (Å²) in [6, 6.07) is 9.17. The van der Waals surface area contributed by atoms with Crippen LogP contribution >= 0.6 is 11.3 Å². The normalized spacial score (nSPS) is 17.2. The number of rotatable bonds is 5. The molecule has 3 rings (SSSR count). The third-order valence-corrected chi connectivity index (χ3v) is 7.10. The van der Waals surface area contributed by atoms with Gasteiger partial charge in [-0.2, -0.15) is 4.31 Å². The maximum Gasteiger partial charge on any atom is 0.244 e. The van der Waals surface area contributed by atoms with E-state index in [0.717, 1.165) is 9.75 Å². The van der Waals surface area contributed by atoms with Gasteiger partial charge < -0.3 is 9.47 Å². The number of ether oxygens (including phenoxy) is 2. The molecular formula is C17H21NO4S2. The second kappa shape index (κ2) is 6.74. The van der Waals surface area contributed by atoms with Gasteiger partial charge in [0.1, 0.15) is 12.7 Å². The Hall–Kier alpha value is -1.57. The lowest BCUT2D eigenvalue weighted by molar-refractivity contribution is 0.0771. The summed E-state index contributed by atoms with van der Waals surface area (Å²) in [6.45, 7) is 6.59. The molecule has 0 aliphatic carbocycles. The Balaban J connectivity index is 1.79. The summed E-state index contributed by atoms with van der Waals surface area (Å²) in [6.07, 6.45) is -0.324. The fourth-order valence-corrected chi connectivity index (χ4v) is 5.78. The monoisotopic (exact) mass is 367 g/mol. The largest absolute Gasteiger partial charge is 0.486 e. The molecule has 0 amide bonds. The molecule has 0 saturated heterocycles. The van der Waals surface area contributed by atoms with E-state index in [1.54, 1.807) is 6.07 Å². The van der Waals surface area contributed by atoms with Crippen molar-refractivity contribution in [3.63, 3.8) is 0 Å². The number of hydrogen-bond donors (Lipinski definition) is 0. The fraction of sp³-hybridized carbons (Fsp3) is 0.412. The zero-order valence-corrected chi connectivity index (χ0v) is 15.6. The van der Waals surface area contributed by atoms with Crippen molar-refractivity contribution in [2.75, 3.05) is 19.7 Å². The number of benzene rings is 1. The summed E-state index contributed by atoms with van der Waals surface area (Å²) in [5.41, 5.74) is 0. The first kappa shape index (κ1) is 17.3. The molecule has 0 spiro atoms. The van der Waals surface area contributed by atoms with Crippen LogP contribution in [-0.4, -0.2) is 38.5 Å². The second-order valence-corrected chi connectivity index (χ2v) is 9.10. The van der Waals surface area contributed by atoms with Gasteiger partial charge in [-0.25, -0.2) is 8.42 Å². The molecule has 0 fully saturated rings. The first-order valence-corrected chi connectivity index (χ1v) is 10.1. The lowest BCUT2D eigenvalue weighted by atomic mass is 10.2. The number of nitrogens with zero attached hydrogens (tertiary/aromatic N) is 1. The van der Waals surface area contributed by atoms with E-state index in [1.165, 1.54) is 15.6 Å². The van der Waals surface area contributed by atoms with Crippen LogP contribution in [0.1, 0.15) is 16.7 Å². The molecule has 2 aromatic rings. The van der Waals surface area contributed by atoms with E-state index in [9.17, 15) is 8.42 Å². The summed E-state index contributed by atoms with van der Waals surface area (Å²) >= 11 is 1.50. The van der Waals surface area contributed by atoms with Crippen LogP contribution in [-0.2, 0) is 10.0 Å². The van der Waals surface area contributed by atoms with Gasteiger partial charge in [0.25, 0.3) is 0 Å². The zero-order chi connectivity index (χ0) is 17.3. The van der Waals surface area contributed by atoms with Crippen LogP contribution in [0.15, 0.2) is 35.2 Å². The van der Waals surface area contributed by atoms with Crippen molar-refractivity contribution >= 4 is 21.4 Å². The predicted molar refractivity (Wildman–Crippen MR) is 94.6 cm³/mol. The number of aryl methyl sites for hydroxylation is 2. The molecule has 0 saturated carbocycles. The highest BCUT2D eigenvalue weighted by atomic mass is 32.2. The van der Waals surface area contributed by atoms with Crippen LogP contribution in [0.4, 0.5) is 0 Å². The van der Waals surface area contributed by atoms with E-state index in [2.05, 4.69) is 0 Å². The highest BCUT2D eigenvalue weighted by Crippen LogP contribution is 2.32. The average molecular weight is 367 g/mol. The van der Waals surface area contributed by atoms with Gasteiger partial charge in [0, 0.05) is 16.3 Å². The zero-order valence-electron chi connectivity index (χ0n) is 14.0. The number of para-hydroxylation sites is 2. The molecule has 1 aliphatic rings. The smallest absolute Gasteiger partial charge is 0.244 e. The number of fused-ring (bicyclic) bond motifs is 1. The molecule has 24 heavy (non-hydrogen) atoms. The van der Waals surface area contributed by atoms with Gasteiger partial charge >= 0.3 is 0 Å². The highest BCUT2D eigenvalue weighted by molar-refractivity contribution is 7.89. The van der Waals surface area contributed by atoms with Gasteiger partial charge in [0.15, 0.2) is 11.5 Å². The molecule has 1 aliphatic heterocycles. The molecular weight excluding hydrogens is 346 g/mol. The first-order valence-electron chi connectivity index (χ1n) is 7.87. The van der Waals surface area contributed by atoms with E-state index in [0.29, 0.717) is 29.5 Å². The molecule has 1 aromatic carbocycles. The number of thiophene rings is 1. The van der Waals surface area contributed by atoms with Gasteiger partial charge in [-0.1, -0.05) is 19.1 Å². The van der Waals surface area contributed by atoms with E-state index in [4.69, 9.17) is 9.47 Å². The SMILES string of the molecule is CCN(C[C@H]1COc2ccccc2O1)S(=O)(=O)c1cc(C)sc1C. The Bertz CT molecular complexity index is 829. The fourth-order valence-electron chi connectivity index (χ4n) is 2.78. The van der Waals surface area contributed by atoms with Gasteiger partial charge in [-0.3, -0.25) is 0 Å². The predicted octanol–water partition coefficient (Wildman–Crippen LogP) is 3.22. The highest BCUT2D eigenvalue weighted by Gasteiger charge is 2.31. The van der Waals surface area contributed by atoms with Crippen LogP contribution in [0, 0.1) is 13.8 Å². The Morgan fingerprint density at radius 3 is 2.58 bits per heavy atom. The standard InChI is InChI=1S/C17H21NO4S2/c1-4-18(24(19,20)17-9-12(2)23-13(17)3)10-14-11-21-15-7-5-6-8-16(15)22-14/h5-9,14H,4,10-11H2,1-3H3/t14-/m0/s1. The van der Waals surface area contributed by atoms with Crippen molar-refractivity contribution < 1.29 is 17.9 Å². The van der Waals surface area contributed by atoms with E-state index >= 15 is 0 Å². The molecule has 0 N–H and O–H groups in total. The average Bonchev–Trinajstić information content (AvgIpc) is 2.91. The van der Waals surface area contributed by atoms with Crippen molar-refractivity contribution in [2.45, 2.75) is 31.8 Å². The van der Waals surface area contributed by atoms with Crippen molar-refractivity contribution in [2.24, 2.45) is 0 Å². The third kappa shape index (κ3) is 3.29. The van der Waals surface area contributed by atoms with Gasteiger partial charge in [-0.15, -0.1) is 11.3 Å². The Morgan fingerprint density at radius 1 is 1.25 bits per heavy atom. The van der Waals surface area contributed by atoms with Crippen molar-refractivity contribution in [3.8, 4) is 11.5 Å². The number of sulfonamides is 1. The molecule has 0 unspecified atom stereocenters. The first-order chi connectivity index (χ1) is 11.4. The molecule has 0 bridgehead atoms. The minimum Gasteiger partial charge on any atom is -0.486 e. The van der Waals surface area contributed by atoms with Crippen LogP contribution in [0.2, 0.25) is 0 Å². The second-order valence-electron chi connectivity index (χ2n) is 5.73. The number of hydrogen-bond acceptors (Lipinski definition) is 5. The molecule has 5 nitrogen and oxygen atoms in total. The molecule has 7 heteroatoms. The van der Waals surface area contributed by atoms with Crippen LogP contribution in [0.25, 0.3) is 0 Å². The van der Waals surface area contributed by atoms with Crippen molar-refractivity contribution in [3.05, 3.63) is 40.1 Å². The summed E-state index contributed by atoms with van der Waals surface area (Å²) in [5, 5.41) is 0. The quantitative estimate of drug-likeness (QED) is 0.814. The molecule has 2 heterocycles. The van der Waals surface area contributed by atoms with Crippen LogP contribution in [0.5, 0.6) is 11.5 Å². The minimum absolute atomic E-state index is 0.265. The van der Waals surface area contributed by atoms with E-state index in [-0.39, 0.29) is 12.6 Å². The maximum atomic E-state index is 13.0. The van der Waals surface area contributed by atoms with Crippen LogP contribution in [0.3, 0.4) is 0 Å². The summed E-state index contributed by atoms with van der Waals surface area (Å²) in [4.78, 5) is 2.20. The van der Waals surface area contributed by atoms with Crippen LogP contribution < -0.4 is 9.47 Å². The van der Waals surface area contributed by atoms with Gasteiger partial charge in [0.05, 0.1) is 11.4 Å². The topological polar surface area (TPSA) is 55.8 Å². The summed E-state index contributed by atoms with van der Waals surface area (Å²) in [7, 11) is -3.53. The minimum atomic E-state index is -3.53. The Kier molecular flexibility index (Phi) is 4.85. The van der Waals surface area contributed by atoms with Gasteiger partial charge in [0.2, 0.25) is 10.0 Å². The van der Waals surface area contributed by atoms with E-state index in [1.807, 2.05) is 45.0 Å². The Morgan fingerprint density at radius 2 is 1.96 bits per heavy atom. The van der Waals surface area contributed by atoms with Crippen molar-refractivity contribution in [1.29, 1.82) is 0 Å². The molecule has 1 aromatic heterocycles. The third-order valence-electron chi connectivity index (χ3n) is 3.94. The van der Waals surface area contributed by atoms with Gasteiger partial charge in [-0.05, 0) is 32.0 Å². The molecule has 0 radical (unpaired) electrons. The van der Waals surface area contributed by atoms with Crippen molar-refractivity contribution in [1.82, 2.24) is 4.31 Å². The molecule has 130 valence electrons. The molecule has 1 atom stereocenters. The lowest BCUT2D eigenvalue weighted by Gasteiger charge is -2.30.